The van der Waals surface area contributed by atoms with Crippen LogP contribution in [-0.4, -0.2) is 27.1 Å². The van der Waals surface area contributed by atoms with Gasteiger partial charge in [-0.1, -0.05) is 11.6 Å². The third kappa shape index (κ3) is 4.47. The summed E-state index contributed by atoms with van der Waals surface area (Å²) >= 11 is 6.14. The van der Waals surface area contributed by atoms with E-state index in [1.54, 1.807) is 37.6 Å². The van der Waals surface area contributed by atoms with E-state index in [0.29, 0.717) is 35.1 Å². The number of hydrogen-bond donors (Lipinski definition) is 1. The normalized spacial score (nSPS) is 11.8. The van der Waals surface area contributed by atoms with Gasteiger partial charge in [-0.05, 0) is 55.4 Å². The van der Waals surface area contributed by atoms with Crippen molar-refractivity contribution in [3.63, 3.8) is 0 Å². The number of aromatic nitrogens is 3. The quantitative estimate of drug-likeness (QED) is 0.256. The number of ether oxygens (including phenoxy) is 1. The van der Waals surface area contributed by atoms with E-state index >= 15 is 0 Å². The minimum atomic E-state index is -4.39. The number of aryl methyl sites for hydroxylation is 1. The molecule has 3 heterocycles. The van der Waals surface area contributed by atoms with Crippen molar-refractivity contribution in [2.75, 3.05) is 11.9 Å². The van der Waals surface area contributed by atoms with Crippen molar-refractivity contribution < 1.29 is 17.9 Å². The van der Waals surface area contributed by atoms with Crippen molar-refractivity contribution in [1.29, 1.82) is 0 Å². The lowest BCUT2D eigenvalue weighted by atomic mass is 10.1. The molecule has 0 amide bonds. The van der Waals surface area contributed by atoms with Gasteiger partial charge in [-0.3, -0.25) is 4.98 Å². The molecule has 0 atom stereocenters. The lowest BCUT2D eigenvalue weighted by molar-refractivity contribution is -0.0328. The average Bonchev–Trinajstić information content (AvgIpc) is 2.69. The van der Waals surface area contributed by atoms with Gasteiger partial charge < -0.3 is 10.1 Å². The summed E-state index contributed by atoms with van der Waals surface area (Å²) in [4.78, 5) is 13.2. The number of benzene rings is 1. The molecule has 0 aliphatic carbocycles. The Kier molecular flexibility index (Phi) is 5.81. The molecule has 31 heavy (non-hydrogen) atoms. The van der Waals surface area contributed by atoms with Crippen LogP contribution in [0.2, 0.25) is 5.02 Å². The van der Waals surface area contributed by atoms with Gasteiger partial charge in [0.15, 0.2) is 0 Å². The van der Waals surface area contributed by atoms with E-state index in [1.807, 2.05) is 6.92 Å². The largest absolute Gasteiger partial charge is 0.478 e. The number of halogens is 4. The number of nitrogens with zero attached hydrogens (tertiary/aromatic N) is 3. The van der Waals surface area contributed by atoms with E-state index in [2.05, 4.69) is 20.3 Å². The first-order chi connectivity index (χ1) is 14.8. The van der Waals surface area contributed by atoms with E-state index in [1.165, 1.54) is 12.1 Å². The zero-order chi connectivity index (χ0) is 22.2. The lowest BCUT2D eigenvalue weighted by Crippen LogP contribution is -2.03. The smallest absolute Gasteiger partial charge is 0.446 e. The molecule has 0 aliphatic heterocycles. The van der Waals surface area contributed by atoms with Gasteiger partial charge in [0.25, 0.3) is 0 Å². The first-order valence-electron chi connectivity index (χ1n) is 9.25. The first kappa shape index (κ1) is 21.5. The SMILES string of the molecule is CCOc1nccc2c(Nc3c(C)cc(SC(F)(F)F)cc3Cl)nc3ccncc3c12. The van der Waals surface area contributed by atoms with Crippen LogP contribution < -0.4 is 10.1 Å². The molecule has 4 rings (SSSR count). The number of pyridine rings is 3. The monoisotopic (exact) mass is 464 g/mol. The maximum atomic E-state index is 12.7. The summed E-state index contributed by atoms with van der Waals surface area (Å²) in [6.07, 6.45) is 4.93. The molecule has 0 radical (unpaired) electrons. The Labute approximate surface area is 185 Å². The number of alkyl halides is 3. The fourth-order valence-corrected chi connectivity index (χ4v) is 4.34. The Morgan fingerprint density at radius 2 is 1.97 bits per heavy atom. The number of nitrogens with one attached hydrogen (secondary N) is 1. The summed E-state index contributed by atoms with van der Waals surface area (Å²) in [6.45, 7) is 3.99. The predicted molar refractivity (Wildman–Crippen MR) is 117 cm³/mol. The van der Waals surface area contributed by atoms with Crippen LogP contribution in [0.5, 0.6) is 5.88 Å². The number of hydrogen-bond acceptors (Lipinski definition) is 6. The molecule has 0 bridgehead atoms. The van der Waals surface area contributed by atoms with Crippen LogP contribution in [0.15, 0.2) is 47.8 Å². The topological polar surface area (TPSA) is 59.9 Å². The first-order valence-corrected chi connectivity index (χ1v) is 10.4. The van der Waals surface area contributed by atoms with Crippen molar-refractivity contribution in [2.24, 2.45) is 0 Å². The Balaban J connectivity index is 1.86. The van der Waals surface area contributed by atoms with Gasteiger partial charge in [-0.15, -0.1) is 0 Å². The molecule has 3 aromatic heterocycles. The maximum Gasteiger partial charge on any atom is 0.446 e. The standard InChI is InChI=1S/C21H16ClF3N4OS/c1-3-30-20-17-13(4-7-27-20)19(28-16-5-6-26-10-14(16)17)29-18-11(2)8-12(9-15(18)22)31-21(23,24)25/h4-10H,3H2,1-2H3,(H,28,29). The molecule has 0 aliphatic rings. The highest BCUT2D eigenvalue weighted by Crippen LogP contribution is 2.42. The second-order valence-electron chi connectivity index (χ2n) is 6.59. The minimum Gasteiger partial charge on any atom is -0.478 e. The fraction of sp³-hybridized carbons (Fsp3) is 0.190. The zero-order valence-electron chi connectivity index (χ0n) is 16.4. The summed E-state index contributed by atoms with van der Waals surface area (Å²) in [5.41, 5.74) is -2.69. The highest BCUT2D eigenvalue weighted by molar-refractivity contribution is 8.00. The highest BCUT2D eigenvalue weighted by atomic mass is 35.5. The Morgan fingerprint density at radius 3 is 2.68 bits per heavy atom. The Hall–Kier alpha value is -2.78. The summed E-state index contributed by atoms with van der Waals surface area (Å²) in [7, 11) is 0. The van der Waals surface area contributed by atoms with E-state index in [9.17, 15) is 13.2 Å². The van der Waals surface area contributed by atoms with Crippen LogP contribution in [0.25, 0.3) is 21.7 Å². The zero-order valence-corrected chi connectivity index (χ0v) is 18.0. The van der Waals surface area contributed by atoms with Crippen LogP contribution in [0.4, 0.5) is 24.7 Å². The average molecular weight is 465 g/mol. The molecule has 0 unspecified atom stereocenters. The van der Waals surface area contributed by atoms with Crippen molar-refractivity contribution >= 4 is 56.5 Å². The van der Waals surface area contributed by atoms with Gasteiger partial charge in [-0.2, -0.15) is 13.2 Å². The third-order valence-electron chi connectivity index (χ3n) is 4.49. The summed E-state index contributed by atoms with van der Waals surface area (Å²) < 4.78 is 44.0. The molecule has 1 N–H and O–H groups in total. The van der Waals surface area contributed by atoms with E-state index in [4.69, 9.17) is 16.3 Å². The maximum absolute atomic E-state index is 12.7. The van der Waals surface area contributed by atoms with Gasteiger partial charge >= 0.3 is 5.51 Å². The molecule has 160 valence electrons. The number of rotatable bonds is 5. The molecule has 0 saturated carbocycles. The van der Waals surface area contributed by atoms with Crippen molar-refractivity contribution in [1.82, 2.24) is 15.0 Å². The second kappa shape index (κ2) is 8.39. The number of anilines is 2. The van der Waals surface area contributed by atoms with Gasteiger partial charge in [0, 0.05) is 34.3 Å². The van der Waals surface area contributed by atoms with Crippen LogP contribution in [0, 0.1) is 6.92 Å². The van der Waals surface area contributed by atoms with Gasteiger partial charge in [0.05, 0.1) is 28.2 Å². The van der Waals surface area contributed by atoms with Crippen LogP contribution in [-0.2, 0) is 0 Å². The molecule has 1 aromatic carbocycles. The van der Waals surface area contributed by atoms with Crippen LogP contribution in [0.1, 0.15) is 12.5 Å². The highest BCUT2D eigenvalue weighted by Gasteiger charge is 2.29. The molecule has 5 nitrogen and oxygen atoms in total. The third-order valence-corrected chi connectivity index (χ3v) is 5.49. The van der Waals surface area contributed by atoms with Crippen molar-refractivity contribution in [3.8, 4) is 5.88 Å². The van der Waals surface area contributed by atoms with Gasteiger partial charge in [-0.25, -0.2) is 9.97 Å². The predicted octanol–water partition coefficient (Wildman–Crippen LogP) is 6.89. The molecule has 10 heteroatoms. The summed E-state index contributed by atoms with van der Waals surface area (Å²) in [5, 5.41) is 5.60. The molecule has 0 spiro atoms. The molecular weight excluding hydrogens is 449 g/mol. The Morgan fingerprint density at radius 1 is 1.16 bits per heavy atom. The molecular formula is C21H16ClF3N4OS. The number of thioether (sulfide) groups is 1. The summed E-state index contributed by atoms with van der Waals surface area (Å²) in [6, 6.07) is 6.28. The van der Waals surface area contributed by atoms with E-state index in [-0.39, 0.29) is 21.7 Å². The van der Waals surface area contributed by atoms with E-state index in [0.717, 1.165) is 16.2 Å². The van der Waals surface area contributed by atoms with Gasteiger partial charge in [0.1, 0.15) is 5.82 Å². The lowest BCUT2D eigenvalue weighted by Gasteiger charge is -2.17. The fourth-order valence-electron chi connectivity index (χ4n) is 3.28. The minimum absolute atomic E-state index is 0.0192. The van der Waals surface area contributed by atoms with E-state index < -0.39 is 5.51 Å². The molecule has 4 aromatic rings. The molecule has 0 saturated heterocycles. The van der Waals surface area contributed by atoms with Crippen molar-refractivity contribution in [2.45, 2.75) is 24.3 Å². The Bertz CT molecular complexity index is 1260. The summed E-state index contributed by atoms with van der Waals surface area (Å²) in [5.74, 6) is 0.932. The van der Waals surface area contributed by atoms with Crippen molar-refractivity contribution in [3.05, 3.63) is 53.4 Å². The van der Waals surface area contributed by atoms with Crippen LogP contribution in [0.3, 0.4) is 0 Å². The number of fused-ring (bicyclic) bond motifs is 3. The molecule has 0 fully saturated rings. The second-order valence-corrected chi connectivity index (χ2v) is 8.14. The van der Waals surface area contributed by atoms with Crippen LogP contribution >= 0.6 is 23.4 Å². The van der Waals surface area contributed by atoms with Gasteiger partial charge in [0.2, 0.25) is 5.88 Å².